The summed E-state index contributed by atoms with van der Waals surface area (Å²) in [6.07, 6.45) is 0. The molecule has 0 spiro atoms. The lowest BCUT2D eigenvalue weighted by Gasteiger charge is -2.19. The Bertz CT molecular complexity index is 605. The molecule has 2 rings (SSSR count). The van der Waals surface area contributed by atoms with Gasteiger partial charge in [-0.3, -0.25) is 4.79 Å². The van der Waals surface area contributed by atoms with Crippen LogP contribution in [0.3, 0.4) is 0 Å². The molecule has 0 saturated heterocycles. The van der Waals surface area contributed by atoms with Crippen LogP contribution >= 0.6 is 0 Å². The predicted molar refractivity (Wildman–Crippen MR) is 80.1 cm³/mol. The molecule has 0 bridgehead atoms. The molecule has 1 heterocycles. The maximum absolute atomic E-state index is 12.4. The van der Waals surface area contributed by atoms with Crippen molar-refractivity contribution in [1.29, 1.82) is 0 Å². The molecule has 1 aromatic heterocycles. The molecule has 112 valence electrons. The third-order valence-corrected chi connectivity index (χ3v) is 3.32. The third-order valence-electron chi connectivity index (χ3n) is 3.32. The maximum Gasteiger partial charge on any atom is 0.321 e. The highest BCUT2D eigenvalue weighted by Crippen LogP contribution is 2.27. The zero-order valence-corrected chi connectivity index (χ0v) is 12.9. The van der Waals surface area contributed by atoms with Crippen LogP contribution in [0, 0.1) is 6.92 Å². The van der Waals surface area contributed by atoms with E-state index in [9.17, 15) is 4.79 Å². The van der Waals surface area contributed by atoms with Crippen molar-refractivity contribution in [1.82, 2.24) is 14.8 Å². The number of ether oxygens (including phenoxy) is 1. The van der Waals surface area contributed by atoms with Gasteiger partial charge in [0.15, 0.2) is 5.82 Å². The van der Waals surface area contributed by atoms with E-state index in [2.05, 4.69) is 10.2 Å². The average Bonchev–Trinajstić information content (AvgIpc) is 2.82. The second-order valence-electron chi connectivity index (χ2n) is 5.16. The number of carbonyl (C=O) groups excluding carboxylic acids is 1. The van der Waals surface area contributed by atoms with Gasteiger partial charge in [0.1, 0.15) is 11.7 Å². The summed E-state index contributed by atoms with van der Waals surface area (Å²) in [5.74, 6) is 0.588. The normalized spacial score (nSPS) is 12.4. The lowest BCUT2D eigenvalue weighted by atomic mass is 9.98. The van der Waals surface area contributed by atoms with Crippen LogP contribution in [0.15, 0.2) is 30.3 Å². The highest BCUT2D eigenvalue weighted by atomic mass is 16.5. The summed E-state index contributed by atoms with van der Waals surface area (Å²) in [4.78, 5) is 12.4. The van der Waals surface area contributed by atoms with Crippen LogP contribution in [0.4, 0.5) is 0 Å². The quantitative estimate of drug-likeness (QED) is 0.793. The Morgan fingerprint density at radius 2 is 1.90 bits per heavy atom. The minimum Gasteiger partial charge on any atom is -0.465 e. The van der Waals surface area contributed by atoms with Crippen LogP contribution in [0.1, 0.15) is 49.9 Å². The van der Waals surface area contributed by atoms with Crippen LogP contribution in [0.25, 0.3) is 0 Å². The van der Waals surface area contributed by atoms with Gasteiger partial charge in [-0.25, -0.2) is 0 Å². The van der Waals surface area contributed by atoms with E-state index < -0.39 is 5.92 Å². The fourth-order valence-electron chi connectivity index (χ4n) is 2.48. The van der Waals surface area contributed by atoms with Gasteiger partial charge in [0.05, 0.1) is 6.61 Å². The Balaban J connectivity index is 2.53. The van der Waals surface area contributed by atoms with Gasteiger partial charge < -0.3 is 9.30 Å². The zero-order chi connectivity index (χ0) is 15.4. The molecule has 0 radical (unpaired) electrons. The topological polar surface area (TPSA) is 57.0 Å². The number of aromatic nitrogens is 3. The molecule has 1 aromatic carbocycles. The van der Waals surface area contributed by atoms with Crippen LogP contribution < -0.4 is 0 Å². The van der Waals surface area contributed by atoms with Crippen molar-refractivity contribution in [2.24, 2.45) is 0 Å². The number of carbonyl (C=O) groups is 1. The first-order valence-electron chi connectivity index (χ1n) is 7.19. The molecule has 1 atom stereocenters. The SMILES string of the molecule is CCOC(=O)C(c1ccccc1)c1nnc(C)n1C(C)C. The van der Waals surface area contributed by atoms with Gasteiger partial charge in [-0.15, -0.1) is 10.2 Å². The van der Waals surface area contributed by atoms with Crippen molar-refractivity contribution in [2.45, 2.75) is 39.7 Å². The number of esters is 1. The summed E-state index contributed by atoms with van der Waals surface area (Å²) >= 11 is 0. The largest absolute Gasteiger partial charge is 0.465 e. The molecule has 5 heteroatoms. The van der Waals surface area contributed by atoms with E-state index in [1.54, 1.807) is 6.92 Å². The Labute approximate surface area is 125 Å². The molecule has 2 aromatic rings. The van der Waals surface area contributed by atoms with Crippen molar-refractivity contribution >= 4 is 5.97 Å². The van der Waals surface area contributed by atoms with E-state index in [-0.39, 0.29) is 12.0 Å². The Morgan fingerprint density at radius 1 is 1.24 bits per heavy atom. The second-order valence-corrected chi connectivity index (χ2v) is 5.16. The van der Waals surface area contributed by atoms with Gasteiger partial charge in [0.2, 0.25) is 0 Å². The number of hydrogen-bond acceptors (Lipinski definition) is 4. The van der Waals surface area contributed by atoms with E-state index in [0.717, 1.165) is 11.4 Å². The van der Waals surface area contributed by atoms with Gasteiger partial charge >= 0.3 is 5.97 Å². The molecule has 0 fully saturated rings. The van der Waals surface area contributed by atoms with Crippen LogP contribution in [0.2, 0.25) is 0 Å². The van der Waals surface area contributed by atoms with Crippen molar-refractivity contribution in [3.8, 4) is 0 Å². The van der Waals surface area contributed by atoms with Gasteiger partial charge in [-0.1, -0.05) is 30.3 Å². The minimum absolute atomic E-state index is 0.177. The number of benzene rings is 1. The summed E-state index contributed by atoms with van der Waals surface area (Å²) in [6, 6.07) is 9.74. The standard InChI is InChI=1S/C16H21N3O2/c1-5-21-16(20)14(13-9-7-6-8-10-13)15-18-17-12(4)19(15)11(2)3/h6-11,14H,5H2,1-4H3. The van der Waals surface area contributed by atoms with E-state index in [1.807, 2.05) is 55.7 Å². The number of aryl methyl sites for hydroxylation is 1. The Morgan fingerprint density at radius 3 is 2.48 bits per heavy atom. The number of rotatable bonds is 5. The fraction of sp³-hybridized carbons (Fsp3) is 0.438. The second kappa shape index (κ2) is 6.52. The molecule has 0 amide bonds. The van der Waals surface area contributed by atoms with Crippen molar-refractivity contribution in [3.05, 3.63) is 47.5 Å². The highest BCUT2D eigenvalue weighted by molar-refractivity contribution is 5.81. The smallest absolute Gasteiger partial charge is 0.321 e. The number of hydrogen-bond donors (Lipinski definition) is 0. The molecule has 1 unspecified atom stereocenters. The first-order valence-corrected chi connectivity index (χ1v) is 7.19. The summed E-state index contributed by atoms with van der Waals surface area (Å²) in [5, 5.41) is 8.36. The first-order chi connectivity index (χ1) is 10.1. The van der Waals surface area contributed by atoms with Crippen LogP contribution in [-0.4, -0.2) is 27.3 Å². The molecule has 0 N–H and O–H groups in total. The fourth-order valence-corrected chi connectivity index (χ4v) is 2.48. The van der Waals surface area contributed by atoms with Gasteiger partial charge in [0.25, 0.3) is 0 Å². The van der Waals surface area contributed by atoms with E-state index in [4.69, 9.17) is 4.74 Å². The lowest BCUT2D eigenvalue weighted by molar-refractivity contribution is -0.144. The summed E-state index contributed by atoms with van der Waals surface area (Å²) in [6.45, 7) is 8.14. The Hall–Kier alpha value is -2.17. The van der Waals surface area contributed by atoms with Gasteiger partial charge in [-0.05, 0) is 33.3 Å². The van der Waals surface area contributed by atoms with Crippen molar-refractivity contribution in [2.75, 3.05) is 6.61 Å². The molecule has 21 heavy (non-hydrogen) atoms. The molecule has 0 aliphatic heterocycles. The van der Waals surface area contributed by atoms with E-state index >= 15 is 0 Å². The highest BCUT2D eigenvalue weighted by Gasteiger charge is 2.30. The third kappa shape index (κ3) is 3.12. The van der Waals surface area contributed by atoms with Crippen LogP contribution in [-0.2, 0) is 9.53 Å². The van der Waals surface area contributed by atoms with Crippen molar-refractivity contribution < 1.29 is 9.53 Å². The molecule has 5 nitrogen and oxygen atoms in total. The molecular weight excluding hydrogens is 266 g/mol. The molecular formula is C16H21N3O2. The molecule has 0 aliphatic rings. The number of nitrogens with zero attached hydrogens (tertiary/aromatic N) is 3. The average molecular weight is 287 g/mol. The summed E-state index contributed by atoms with van der Waals surface area (Å²) in [5.41, 5.74) is 0.866. The maximum atomic E-state index is 12.4. The van der Waals surface area contributed by atoms with Gasteiger partial charge in [0, 0.05) is 6.04 Å². The lowest BCUT2D eigenvalue weighted by Crippen LogP contribution is -2.22. The van der Waals surface area contributed by atoms with E-state index in [0.29, 0.717) is 12.4 Å². The monoisotopic (exact) mass is 287 g/mol. The van der Waals surface area contributed by atoms with E-state index in [1.165, 1.54) is 0 Å². The van der Waals surface area contributed by atoms with Crippen molar-refractivity contribution in [3.63, 3.8) is 0 Å². The molecule has 0 saturated carbocycles. The minimum atomic E-state index is -0.547. The first kappa shape index (κ1) is 15.2. The Kier molecular flexibility index (Phi) is 4.73. The molecule has 0 aliphatic carbocycles. The summed E-state index contributed by atoms with van der Waals surface area (Å²) < 4.78 is 7.22. The summed E-state index contributed by atoms with van der Waals surface area (Å²) in [7, 11) is 0. The van der Waals surface area contributed by atoms with Crippen LogP contribution in [0.5, 0.6) is 0 Å². The predicted octanol–water partition coefficient (Wildman–Crippen LogP) is 2.86. The zero-order valence-electron chi connectivity index (χ0n) is 12.9. The van der Waals surface area contributed by atoms with Gasteiger partial charge in [-0.2, -0.15) is 0 Å².